The van der Waals surface area contributed by atoms with Crippen LogP contribution in [0, 0.1) is 0 Å². The van der Waals surface area contributed by atoms with Crippen molar-refractivity contribution in [2.45, 2.75) is 12.0 Å². The molecule has 1 atom stereocenters. The Kier molecular flexibility index (Phi) is 3.88. The summed E-state index contributed by atoms with van der Waals surface area (Å²) in [7, 11) is 0. The third kappa shape index (κ3) is 2.66. The Morgan fingerprint density at radius 3 is 2.42 bits per heavy atom. The number of fused-ring (bicyclic) bond motifs is 1. The van der Waals surface area contributed by atoms with E-state index < -0.39 is 17.9 Å². The lowest BCUT2D eigenvalue weighted by atomic mass is 9.78. The number of nitrogens with one attached hydrogen (secondary N) is 1. The number of hydrogen-bond donors (Lipinski definition) is 5. The minimum absolute atomic E-state index is 0.0470. The highest BCUT2D eigenvalue weighted by atomic mass is 16.5. The molecule has 0 aliphatic carbocycles. The number of benzene rings is 2. The van der Waals surface area contributed by atoms with Gasteiger partial charge >= 0.3 is 0 Å². The lowest BCUT2D eigenvalue weighted by Crippen LogP contribution is -2.37. The molecule has 1 aliphatic heterocycles. The molecule has 0 radical (unpaired) electrons. The molecule has 0 spiro atoms. The molecule has 124 valence electrons. The first kappa shape index (κ1) is 15.9. The van der Waals surface area contributed by atoms with Gasteiger partial charge in [-0.1, -0.05) is 12.1 Å². The number of hydroxylamine groups is 1. The topological polar surface area (TPSA) is 119 Å². The van der Waals surface area contributed by atoms with Crippen LogP contribution in [-0.2, 0) is 10.4 Å². The Balaban J connectivity index is 2.15. The molecule has 1 aliphatic rings. The number of carbonyl (C=O) groups excluding carboxylic acids is 1. The summed E-state index contributed by atoms with van der Waals surface area (Å²) in [6.45, 7) is 0. The van der Waals surface area contributed by atoms with Crippen molar-refractivity contribution in [3.05, 3.63) is 59.9 Å². The second kappa shape index (κ2) is 5.88. The predicted octanol–water partition coefficient (Wildman–Crippen LogP) is 1.61. The molecule has 5 N–H and O–H groups in total. The second-order valence-electron chi connectivity index (χ2n) is 5.45. The smallest absolute Gasteiger partial charge is 0.246 e. The molecule has 0 aromatic heterocycles. The van der Waals surface area contributed by atoms with Gasteiger partial charge in [0.15, 0.2) is 0 Å². The molecular formula is C17H15NO6. The highest BCUT2D eigenvalue weighted by Gasteiger charge is 2.42. The molecule has 3 rings (SSSR count). The third-order valence-corrected chi connectivity index (χ3v) is 3.88. The summed E-state index contributed by atoms with van der Waals surface area (Å²) in [5.74, 6) is -0.583. The second-order valence-corrected chi connectivity index (χ2v) is 5.45. The van der Waals surface area contributed by atoms with Crippen LogP contribution in [0.1, 0.15) is 17.5 Å². The maximum Gasteiger partial charge on any atom is 0.246 e. The minimum atomic E-state index is -1.84. The van der Waals surface area contributed by atoms with Gasteiger partial charge in [-0.05, 0) is 35.9 Å². The van der Waals surface area contributed by atoms with Gasteiger partial charge in [-0.15, -0.1) is 0 Å². The molecule has 0 saturated heterocycles. The number of aliphatic hydroxyl groups is 1. The van der Waals surface area contributed by atoms with Crippen molar-refractivity contribution in [2.24, 2.45) is 0 Å². The van der Waals surface area contributed by atoms with Gasteiger partial charge in [-0.2, -0.15) is 0 Å². The van der Waals surface area contributed by atoms with Crippen molar-refractivity contribution in [3.63, 3.8) is 0 Å². The number of phenolic OH excluding ortho intramolecular Hbond substituents is 2. The van der Waals surface area contributed by atoms with Crippen LogP contribution in [0.3, 0.4) is 0 Å². The summed E-state index contributed by atoms with van der Waals surface area (Å²) >= 11 is 0. The number of carbonyl (C=O) groups is 1. The van der Waals surface area contributed by atoms with Crippen molar-refractivity contribution in [1.29, 1.82) is 0 Å². The maximum absolute atomic E-state index is 11.7. The Morgan fingerprint density at radius 2 is 1.75 bits per heavy atom. The molecule has 7 nitrogen and oxygen atoms in total. The summed E-state index contributed by atoms with van der Waals surface area (Å²) in [6, 6.07) is 10.1. The largest absolute Gasteiger partial charge is 0.508 e. The number of hydrogen-bond acceptors (Lipinski definition) is 6. The number of rotatable bonds is 3. The van der Waals surface area contributed by atoms with Crippen LogP contribution < -0.4 is 10.2 Å². The number of amides is 1. The van der Waals surface area contributed by atoms with E-state index in [2.05, 4.69) is 0 Å². The number of aromatic hydroxyl groups is 2. The number of ether oxygens (including phenoxy) is 1. The van der Waals surface area contributed by atoms with Crippen molar-refractivity contribution in [2.75, 3.05) is 0 Å². The molecule has 0 fully saturated rings. The molecule has 1 unspecified atom stereocenters. The summed E-state index contributed by atoms with van der Waals surface area (Å²) in [4.78, 5) is 11.7. The highest BCUT2D eigenvalue weighted by molar-refractivity contribution is 5.84. The number of phenols is 2. The normalized spacial score (nSPS) is 19.0. The molecule has 0 saturated carbocycles. The van der Waals surface area contributed by atoms with E-state index in [0.29, 0.717) is 5.56 Å². The lowest BCUT2D eigenvalue weighted by Gasteiger charge is -2.35. The van der Waals surface area contributed by atoms with Gasteiger partial charge in [0.2, 0.25) is 5.91 Å². The van der Waals surface area contributed by atoms with Crippen LogP contribution in [0.15, 0.2) is 48.7 Å². The first-order valence-corrected chi connectivity index (χ1v) is 7.09. The van der Waals surface area contributed by atoms with E-state index in [1.165, 1.54) is 42.1 Å². The molecule has 1 heterocycles. The van der Waals surface area contributed by atoms with Gasteiger partial charge in [0, 0.05) is 11.1 Å². The van der Waals surface area contributed by atoms with Gasteiger partial charge in [0.05, 0.1) is 12.7 Å². The maximum atomic E-state index is 11.7. The van der Waals surface area contributed by atoms with Crippen LogP contribution in [0.2, 0.25) is 0 Å². The zero-order chi connectivity index (χ0) is 17.3. The van der Waals surface area contributed by atoms with Gasteiger partial charge in [0.1, 0.15) is 22.8 Å². The van der Waals surface area contributed by atoms with Crippen LogP contribution in [0.4, 0.5) is 0 Å². The SMILES string of the molecule is O=C(CC1(O)C(c2ccc(O)cc2)=COc2ccc(O)cc21)NO. The molecule has 1 amide bonds. The van der Waals surface area contributed by atoms with Crippen molar-refractivity contribution < 1.29 is 30.1 Å². The highest BCUT2D eigenvalue weighted by Crippen LogP contribution is 2.47. The van der Waals surface area contributed by atoms with E-state index in [4.69, 9.17) is 9.94 Å². The monoisotopic (exact) mass is 329 g/mol. The zero-order valence-corrected chi connectivity index (χ0v) is 12.4. The summed E-state index contributed by atoms with van der Waals surface area (Å²) in [6.07, 6.45) is 0.812. The van der Waals surface area contributed by atoms with Crippen LogP contribution >= 0.6 is 0 Å². The summed E-state index contributed by atoms with van der Waals surface area (Å²) in [5, 5.41) is 39.2. The predicted molar refractivity (Wildman–Crippen MR) is 83.3 cm³/mol. The average Bonchev–Trinajstić information content (AvgIpc) is 2.57. The molecule has 7 heteroatoms. The van der Waals surface area contributed by atoms with Crippen LogP contribution in [-0.4, -0.2) is 26.4 Å². The summed E-state index contributed by atoms with van der Waals surface area (Å²) < 4.78 is 5.50. The molecule has 0 bridgehead atoms. The molecular weight excluding hydrogens is 314 g/mol. The zero-order valence-electron chi connectivity index (χ0n) is 12.4. The fraction of sp³-hybridized carbons (Fsp3) is 0.118. The Morgan fingerprint density at radius 1 is 1.08 bits per heavy atom. The van der Waals surface area contributed by atoms with E-state index in [-0.39, 0.29) is 28.4 Å². The van der Waals surface area contributed by atoms with Crippen LogP contribution in [0.5, 0.6) is 17.2 Å². The first-order chi connectivity index (χ1) is 11.4. The summed E-state index contributed by atoms with van der Waals surface area (Å²) in [5.41, 5.74) is 0.612. The van der Waals surface area contributed by atoms with Gasteiger partial charge in [-0.25, -0.2) is 5.48 Å². The average molecular weight is 329 g/mol. The molecule has 2 aromatic rings. The quantitative estimate of drug-likeness (QED) is 0.431. The Labute approximate surface area is 137 Å². The van der Waals surface area contributed by atoms with Crippen molar-refractivity contribution >= 4 is 11.5 Å². The van der Waals surface area contributed by atoms with Crippen LogP contribution in [0.25, 0.3) is 5.57 Å². The van der Waals surface area contributed by atoms with Gasteiger partial charge < -0.3 is 20.1 Å². The van der Waals surface area contributed by atoms with E-state index in [9.17, 15) is 20.1 Å². The fourth-order valence-corrected chi connectivity index (χ4v) is 2.72. The Bertz CT molecular complexity index is 814. The van der Waals surface area contributed by atoms with Gasteiger partial charge in [-0.3, -0.25) is 10.0 Å². The minimum Gasteiger partial charge on any atom is -0.508 e. The standard InChI is InChI=1S/C17H15NO6/c19-11-3-1-10(2-4-11)14-9-24-15-6-5-12(20)7-13(15)17(14,22)8-16(21)18-23/h1-7,9,19-20,22-23H,8H2,(H,18,21). The van der Waals surface area contributed by atoms with E-state index in [1.54, 1.807) is 12.1 Å². The third-order valence-electron chi connectivity index (χ3n) is 3.88. The van der Waals surface area contributed by atoms with E-state index in [0.717, 1.165) is 0 Å². The van der Waals surface area contributed by atoms with E-state index in [1.807, 2.05) is 0 Å². The Hall–Kier alpha value is -3.03. The van der Waals surface area contributed by atoms with Crippen molar-refractivity contribution in [3.8, 4) is 17.2 Å². The van der Waals surface area contributed by atoms with E-state index >= 15 is 0 Å². The van der Waals surface area contributed by atoms with Crippen molar-refractivity contribution in [1.82, 2.24) is 5.48 Å². The molecule has 24 heavy (non-hydrogen) atoms. The molecule has 2 aromatic carbocycles. The lowest BCUT2D eigenvalue weighted by molar-refractivity contribution is -0.132. The van der Waals surface area contributed by atoms with Gasteiger partial charge in [0.25, 0.3) is 0 Å². The fourth-order valence-electron chi connectivity index (χ4n) is 2.72. The first-order valence-electron chi connectivity index (χ1n) is 7.09.